The Morgan fingerprint density at radius 2 is 2.19 bits per heavy atom. The van der Waals surface area contributed by atoms with Crippen LogP contribution >= 0.6 is 0 Å². The highest BCUT2D eigenvalue weighted by Gasteiger charge is 2.06. The van der Waals surface area contributed by atoms with Crippen molar-refractivity contribution in [1.82, 2.24) is 15.3 Å². The van der Waals surface area contributed by atoms with E-state index in [2.05, 4.69) is 22.2 Å². The summed E-state index contributed by atoms with van der Waals surface area (Å²) in [6, 6.07) is 0. The summed E-state index contributed by atoms with van der Waals surface area (Å²) < 4.78 is 0. The van der Waals surface area contributed by atoms with Crippen molar-refractivity contribution >= 4 is 11.7 Å². The lowest BCUT2D eigenvalue weighted by Gasteiger charge is -2.04. The molecule has 0 unspecified atom stereocenters. The van der Waals surface area contributed by atoms with Crippen molar-refractivity contribution in [2.45, 2.75) is 32.6 Å². The number of nitrogens with one attached hydrogen (secondary N) is 1. The molecule has 0 aromatic carbocycles. The second kappa shape index (κ2) is 6.76. The normalized spacial score (nSPS) is 10.1. The molecule has 5 nitrogen and oxygen atoms in total. The first-order valence-electron chi connectivity index (χ1n) is 5.59. The van der Waals surface area contributed by atoms with Gasteiger partial charge >= 0.3 is 0 Å². The molecule has 16 heavy (non-hydrogen) atoms. The van der Waals surface area contributed by atoms with E-state index in [-0.39, 0.29) is 17.4 Å². The summed E-state index contributed by atoms with van der Waals surface area (Å²) in [4.78, 5) is 19.3. The molecule has 3 N–H and O–H groups in total. The highest BCUT2D eigenvalue weighted by atomic mass is 16.1. The average Bonchev–Trinajstić information content (AvgIpc) is 2.28. The van der Waals surface area contributed by atoms with E-state index in [0.717, 1.165) is 12.8 Å². The van der Waals surface area contributed by atoms with Crippen LogP contribution in [0.3, 0.4) is 0 Å². The van der Waals surface area contributed by atoms with Crippen LogP contribution in [0.5, 0.6) is 0 Å². The Hall–Kier alpha value is -1.65. The van der Waals surface area contributed by atoms with Crippen LogP contribution in [0.2, 0.25) is 0 Å². The number of rotatable bonds is 6. The molecule has 0 atom stereocenters. The summed E-state index contributed by atoms with van der Waals surface area (Å²) in [6.07, 6.45) is 7.35. The number of nitrogens with zero attached hydrogens (tertiary/aromatic N) is 2. The Balaban J connectivity index is 2.30. The number of carbonyl (C=O) groups is 1. The van der Waals surface area contributed by atoms with Gasteiger partial charge in [-0.3, -0.25) is 9.78 Å². The SMILES string of the molecule is CCCCCCNC(=O)c1cncc(N)n1. The second-order valence-corrected chi connectivity index (χ2v) is 3.65. The van der Waals surface area contributed by atoms with Gasteiger partial charge in [0.1, 0.15) is 11.5 Å². The van der Waals surface area contributed by atoms with Gasteiger partial charge in [-0.05, 0) is 6.42 Å². The van der Waals surface area contributed by atoms with E-state index in [4.69, 9.17) is 5.73 Å². The molecule has 1 aromatic rings. The minimum atomic E-state index is -0.212. The summed E-state index contributed by atoms with van der Waals surface area (Å²) in [5.41, 5.74) is 5.71. The van der Waals surface area contributed by atoms with Gasteiger partial charge in [0.05, 0.1) is 12.4 Å². The largest absolute Gasteiger partial charge is 0.382 e. The van der Waals surface area contributed by atoms with Crippen LogP contribution in [0.1, 0.15) is 43.1 Å². The van der Waals surface area contributed by atoms with Crippen molar-refractivity contribution in [3.05, 3.63) is 18.1 Å². The molecule has 0 spiro atoms. The zero-order chi connectivity index (χ0) is 11.8. The third-order valence-electron chi connectivity index (χ3n) is 2.20. The van der Waals surface area contributed by atoms with Gasteiger partial charge < -0.3 is 11.1 Å². The Labute approximate surface area is 95.5 Å². The van der Waals surface area contributed by atoms with E-state index in [1.54, 1.807) is 0 Å². The maximum absolute atomic E-state index is 11.6. The lowest BCUT2D eigenvalue weighted by atomic mass is 10.2. The summed E-state index contributed by atoms with van der Waals surface area (Å²) in [6.45, 7) is 2.83. The molecular weight excluding hydrogens is 204 g/mol. The molecule has 0 saturated carbocycles. The fraction of sp³-hybridized carbons (Fsp3) is 0.545. The Morgan fingerprint density at radius 1 is 1.38 bits per heavy atom. The number of hydrogen-bond donors (Lipinski definition) is 2. The van der Waals surface area contributed by atoms with Crippen LogP contribution < -0.4 is 11.1 Å². The molecule has 1 rings (SSSR count). The molecular formula is C11H18N4O. The summed E-state index contributed by atoms with van der Waals surface area (Å²) in [5.74, 6) is 0.0509. The lowest BCUT2D eigenvalue weighted by Crippen LogP contribution is -2.25. The number of hydrogen-bond acceptors (Lipinski definition) is 4. The topological polar surface area (TPSA) is 80.9 Å². The number of aromatic nitrogens is 2. The van der Waals surface area contributed by atoms with E-state index >= 15 is 0 Å². The minimum Gasteiger partial charge on any atom is -0.382 e. The van der Waals surface area contributed by atoms with Crippen LogP contribution in [-0.2, 0) is 0 Å². The van der Waals surface area contributed by atoms with E-state index in [0.29, 0.717) is 6.54 Å². The smallest absolute Gasteiger partial charge is 0.271 e. The Morgan fingerprint density at radius 3 is 2.88 bits per heavy atom. The predicted molar refractivity (Wildman–Crippen MR) is 62.9 cm³/mol. The number of nitrogens with two attached hydrogens (primary N) is 1. The van der Waals surface area contributed by atoms with Crippen LogP contribution in [0.4, 0.5) is 5.82 Å². The van der Waals surface area contributed by atoms with Gasteiger partial charge in [-0.1, -0.05) is 26.2 Å². The fourth-order valence-corrected chi connectivity index (χ4v) is 1.33. The molecule has 1 amide bonds. The summed E-state index contributed by atoms with van der Waals surface area (Å²) in [5, 5.41) is 2.79. The maximum Gasteiger partial charge on any atom is 0.271 e. The highest BCUT2D eigenvalue weighted by Crippen LogP contribution is 1.99. The molecule has 0 radical (unpaired) electrons. The molecule has 5 heteroatoms. The van der Waals surface area contributed by atoms with Crippen LogP contribution in [-0.4, -0.2) is 22.4 Å². The zero-order valence-corrected chi connectivity index (χ0v) is 9.57. The number of nitrogen functional groups attached to an aromatic ring is 1. The first-order chi connectivity index (χ1) is 7.74. The average molecular weight is 222 g/mol. The van der Waals surface area contributed by atoms with Gasteiger partial charge in [-0.2, -0.15) is 0 Å². The molecule has 0 aliphatic rings. The number of carbonyl (C=O) groups excluding carboxylic acids is 1. The quantitative estimate of drug-likeness (QED) is 0.712. The standard InChI is InChI=1S/C11H18N4O/c1-2-3-4-5-6-14-11(16)9-7-13-8-10(12)15-9/h7-8H,2-6H2,1H3,(H2,12,15)(H,14,16). The van der Waals surface area contributed by atoms with E-state index in [9.17, 15) is 4.79 Å². The van der Waals surface area contributed by atoms with Crippen LogP contribution in [0.25, 0.3) is 0 Å². The molecule has 0 aliphatic carbocycles. The second-order valence-electron chi connectivity index (χ2n) is 3.65. The van der Waals surface area contributed by atoms with Gasteiger partial charge in [0.2, 0.25) is 0 Å². The third-order valence-corrected chi connectivity index (χ3v) is 2.20. The van der Waals surface area contributed by atoms with Crippen molar-refractivity contribution in [2.24, 2.45) is 0 Å². The van der Waals surface area contributed by atoms with E-state index in [1.807, 2.05) is 0 Å². The monoisotopic (exact) mass is 222 g/mol. The van der Waals surface area contributed by atoms with Gasteiger partial charge in [-0.15, -0.1) is 0 Å². The van der Waals surface area contributed by atoms with E-state index < -0.39 is 0 Å². The summed E-state index contributed by atoms with van der Waals surface area (Å²) in [7, 11) is 0. The third kappa shape index (κ3) is 4.25. The lowest BCUT2D eigenvalue weighted by molar-refractivity contribution is 0.0947. The van der Waals surface area contributed by atoms with Gasteiger partial charge in [0.25, 0.3) is 5.91 Å². The van der Waals surface area contributed by atoms with Gasteiger partial charge in [0, 0.05) is 6.54 Å². The number of amides is 1. The highest BCUT2D eigenvalue weighted by molar-refractivity contribution is 5.92. The predicted octanol–water partition coefficient (Wildman–Crippen LogP) is 1.37. The van der Waals surface area contributed by atoms with Crippen molar-refractivity contribution in [3.63, 3.8) is 0 Å². The molecule has 0 fully saturated rings. The molecule has 1 aromatic heterocycles. The van der Waals surface area contributed by atoms with Crippen molar-refractivity contribution in [3.8, 4) is 0 Å². The molecule has 1 heterocycles. The zero-order valence-electron chi connectivity index (χ0n) is 9.57. The van der Waals surface area contributed by atoms with Crippen molar-refractivity contribution in [1.29, 1.82) is 0 Å². The van der Waals surface area contributed by atoms with Crippen LogP contribution in [0.15, 0.2) is 12.4 Å². The Bertz CT molecular complexity index is 341. The Kier molecular flexibility index (Phi) is 5.25. The first-order valence-corrected chi connectivity index (χ1v) is 5.59. The summed E-state index contributed by atoms with van der Waals surface area (Å²) >= 11 is 0. The van der Waals surface area contributed by atoms with Crippen LogP contribution in [0, 0.1) is 0 Å². The van der Waals surface area contributed by atoms with Gasteiger partial charge in [0.15, 0.2) is 0 Å². The number of anilines is 1. The number of unbranched alkanes of at least 4 members (excludes halogenated alkanes) is 3. The van der Waals surface area contributed by atoms with E-state index in [1.165, 1.54) is 25.2 Å². The van der Waals surface area contributed by atoms with Gasteiger partial charge in [-0.25, -0.2) is 4.98 Å². The molecule has 0 saturated heterocycles. The minimum absolute atomic E-state index is 0.212. The molecule has 0 aliphatic heterocycles. The molecule has 88 valence electrons. The fourth-order valence-electron chi connectivity index (χ4n) is 1.33. The molecule has 0 bridgehead atoms. The first kappa shape index (κ1) is 12.4. The van der Waals surface area contributed by atoms with Crippen molar-refractivity contribution < 1.29 is 4.79 Å². The van der Waals surface area contributed by atoms with Crippen molar-refractivity contribution in [2.75, 3.05) is 12.3 Å². The maximum atomic E-state index is 11.6.